The topological polar surface area (TPSA) is 42.7 Å². The summed E-state index contributed by atoms with van der Waals surface area (Å²) in [7, 11) is 1.77. The van der Waals surface area contributed by atoms with Crippen molar-refractivity contribution in [3.8, 4) is 0 Å². The molecule has 0 bridgehead atoms. The van der Waals surface area contributed by atoms with Crippen molar-refractivity contribution >= 4 is 5.69 Å². The summed E-state index contributed by atoms with van der Waals surface area (Å²) in [6.45, 7) is 1.79. The number of pyridine rings is 1. The predicted octanol–water partition coefficient (Wildman–Crippen LogP) is 2.70. The van der Waals surface area contributed by atoms with Gasteiger partial charge in [0.1, 0.15) is 5.69 Å². The number of rotatable bonds is 3. The van der Waals surface area contributed by atoms with E-state index in [9.17, 15) is 13.2 Å². The second-order valence-electron chi connectivity index (χ2n) is 4.18. The highest BCUT2D eigenvalue weighted by molar-refractivity contribution is 5.37. The lowest BCUT2D eigenvalue weighted by Crippen LogP contribution is -2.11. The summed E-state index contributed by atoms with van der Waals surface area (Å²) >= 11 is 0. The molecule has 0 aromatic carbocycles. The Bertz CT molecular complexity index is 575. The molecule has 2 aromatic heterocycles. The monoisotopic (exact) mass is 270 g/mol. The Morgan fingerprint density at radius 1 is 1.32 bits per heavy atom. The highest BCUT2D eigenvalue weighted by atomic mass is 19.4. The molecule has 2 aromatic rings. The second kappa shape index (κ2) is 4.91. The number of aryl methyl sites for hydroxylation is 1. The fourth-order valence-corrected chi connectivity index (χ4v) is 1.78. The van der Waals surface area contributed by atoms with Crippen LogP contribution in [0.25, 0.3) is 0 Å². The molecule has 0 saturated carbocycles. The van der Waals surface area contributed by atoms with Crippen LogP contribution in [-0.4, -0.2) is 21.8 Å². The molecule has 0 aliphatic rings. The molecule has 0 fully saturated rings. The maximum absolute atomic E-state index is 12.6. The van der Waals surface area contributed by atoms with E-state index in [0.717, 1.165) is 5.69 Å². The first-order chi connectivity index (χ1) is 8.90. The number of nitrogens with zero attached hydrogens (tertiary/aromatic N) is 3. The Labute approximate surface area is 108 Å². The van der Waals surface area contributed by atoms with Crippen LogP contribution in [0.5, 0.6) is 0 Å². The van der Waals surface area contributed by atoms with Crippen molar-refractivity contribution in [2.45, 2.75) is 19.6 Å². The molecule has 0 unspecified atom stereocenters. The minimum atomic E-state index is -4.41. The van der Waals surface area contributed by atoms with Gasteiger partial charge in [0, 0.05) is 19.4 Å². The molecule has 0 atom stereocenters. The van der Waals surface area contributed by atoms with Crippen LogP contribution in [0.4, 0.5) is 18.9 Å². The summed E-state index contributed by atoms with van der Waals surface area (Å²) in [5.74, 6) is 0. The van der Waals surface area contributed by atoms with Gasteiger partial charge in [-0.3, -0.25) is 9.67 Å². The van der Waals surface area contributed by atoms with Gasteiger partial charge in [0.15, 0.2) is 0 Å². The van der Waals surface area contributed by atoms with Crippen molar-refractivity contribution in [1.82, 2.24) is 14.8 Å². The molecule has 0 saturated heterocycles. The van der Waals surface area contributed by atoms with E-state index < -0.39 is 11.9 Å². The maximum Gasteiger partial charge on any atom is 0.433 e. The first-order valence-corrected chi connectivity index (χ1v) is 5.63. The molecule has 7 heteroatoms. The quantitative estimate of drug-likeness (QED) is 0.932. The average Bonchev–Trinajstić information content (AvgIpc) is 2.75. The van der Waals surface area contributed by atoms with Crippen LogP contribution in [0, 0.1) is 6.92 Å². The zero-order valence-corrected chi connectivity index (χ0v) is 10.5. The van der Waals surface area contributed by atoms with Gasteiger partial charge in [-0.25, -0.2) is 0 Å². The van der Waals surface area contributed by atoms with E-state index in [0.29, 0.717) is 12.1 Å². The average molecular weight is 270 g/mol. The fraction of sp³-hybridized carbons (Fsp3) is 0.333. The molecular formula is C12H13F3N4. The normalized spacial score (nSPS) is 11.6. The number of alkyl halides is 3. The summed E-state index contributed by atoms with van der Waals surface area (Å²) in [6, 6.07) is 1.48. The molecule has 2 rings (SSSR count). The zero-order valence-electron chi connectivity index (χ0n) is 10.5. The molecule has 0 aliphatic carbocycles. The third kappa shape index (κ3) is 3.04. The molecule has 102 valence electrons. The van der Waals surface area contributed by atoms with Crippen LogP contribution in [0.3, 0.4) is 0 Å². The summed E-state index contributed by atoms with van der Waals surface area (Å²) in [6.07, 6.45) is 0.238. The van der Waals surface area contributed by atoms with Gasteiger partial charge >= 0.3 is 6.18 Å². The Morgan fingerprint density at radius 2 is 2.05 bits per heavy atom. The molecule has 1 N–H and O–H groups in total. The predicted molar refractivity (Wildman–Crippen MR) is 64.9 cm³/mol. The minimum Gasteiger partial charge on any atom is -0.386 e. The third-order valence-corrected chi connectivity index (χ3v) is 2.67. The SMILES string of the molecule is CNc1cnn(Cc2cnc(C(F)(F)F)c(C)c2)c1. The first kappa shape index (κ1) is 13.4. The summed E-state index contributed by atoms with van der Waals surface area (Å²) < 4.78 is 39.3. The van der Waals surface area contributed by atoms with Crippen molar-refractivity contribution in [2.75, 3.05) is 12.4 Å². The number of halogens is 3. The van der Waals surface area contributed by atoms with Gasteiger partial charge in [-0.15, -0.1) is 0 Å². The Hall–Kier alpha value is -2.05. The molecule has 0 spiro atoms. The van der Waals surface area contributed by atoms with Crippen LogP contribution >= 0.6 is 0 Å². The number of hydrogen-bond donors (Lipinski definition) is 1. The molecule has 2 heterocycles. The lowest BCUT2D eigenvalue weighted by Gasteiger charge is -2.10. The van der Waals surface area contributed by atoms with Gasteiger partial charge in [0.25, 0.3) is 0 Å². The summed E-state index contributed by atoms with van der Waals surface area (Å²) in [5.41, 5.74) is 0.798. The Morgan fingerprint density at radius 3 is 2.58 bits per heavy atom. The Balaban J connectivity index is 2.20. The van der Waals surface area contributed by atoms with Gasteiger partial charge in [-0.05, 0) is 18.1 Å². The zero-order chi connectivity index (χ0) is 14.0. The van der Waals surface area contributed by atoms with Crippen LogP contribution in [-0.2, 0) is 12.7 Å². The van der Waals surface area contributed by atoms with E-state index >= 15 is 0 Å². The van der Waals surface area contributed by atoms with Crippen molar-refractivity contribution in [3.63, 3.8) is 0 Å². The van der Waals surface area contributed by atoms with Gasteiger partial charge in [0.2, 0.25) is 0 Å². The molecule has 19 heavy (non-hydrogen) atoms. The largest absolute Gasteiger partial charge is 0.433 e. The second-order valence-corrected chi connectivity index (χ2v) is 4.18. The lowest BCUT2D eigenvalue weighted by atomic mass is 10.1. The number of nitrogens with one attached hydrogen (secondary N) is 1. The van der Waals surface area contributed by atoms with Gasteiger partial charge in [0.05, 0.1) is 18.4 Å². The molecule has 0 aliphatic heterocycles. The third-order valence-electron chi connectivity index (χ3n) is 2.67. The van der Waals surface area contributed by atoms with E-state index in [1.807, 2.05) is 0 Å². The standard InChI is InChI=1S/C12H13F3N4/c1-8-3-9(4-17-11(8)12(13,14)15)6-19-7-10(16-2)5-18-19/h3-5,7,16H,6H2,1-2H3. The van der Waals surface area contributed by atoms with Gasteiger partial charge < -0.3 is 5.32 Å². The van der Waals surface area contributed by atoms with E-state index in [1.54, 1.807) is 24.1 Å². The van der Waals surface area contributed by atoms with E-state index in [-0.39, 0.29) is 5.56 Å². The molecule has 0 amide bonds. The van der Waals surface area contributed by atoms with Crippen molar-refractivity contribution in [2.24, 2.45) is 0 Å². The van der Waals surface area contributed by atoms with Crippen molar-refractivity contribution in [1.29, 1.82) is 0 Å². The first-order valence-electron chi connectivity index (χ1n) is 5.63. The number of anilines is 1. The van der Waals surface area contributed by atoms with Crippen molar-refractivity contribution in [3.05, 3.63) is 41.5 Å². The summed E-state index contributed by atoms with van der Waals surface area (Å²) in [5, 5.41) is 7.01. The molecular weight excluding hydrogens is 257 g/mol. The highest BCUT2D eigenvalue weighted by Gasteiger charge is 2.34. The Kier molecular flexibility index (Phi) is 3.46. The van der Waals surface area contributed by atoms with Crippen molar-refractivity contribution < 1.29 is 13.2 Å². The van der Waals surface area contributed by atoms with Gasteiger partial charge in [-0.2, -0.15) is 18.3 Å². The van der Waals surface area contributed by atoms with E-state index in [2.05, 4.69) is 15.4 Å². The van der Waals surface area contributed by atoms with Crippen LogP contribution in [0.15, 0.2) is 24.7 Å². The smallest absolute Gasteiger partial charge is 0.386 e. The lowest BCUT2D eigenvalue weighted by molar-refractivity contribution is -0.141. The highest BCUT2D eigenvalue weighted by Crippen LogP contribution is 2.30. The number of aromatic nitrogens is 3. The molecule has 0 radical (unpaired) electrons. The van der Waals surface area contributed by atoms with Crippen LogP contribution < -0.4 is 5.32 Å². The van der Waals surface area contributed by atoms with E-state index in [1.165, 1.54) is 19.2 Å². The summed E-state index contributed by atoms with van der Waals surface area (Å²) in [4.78, 5) is 3.49. The fourth-order valence-electron chi connectivity index (χ4n) is 1.78. The minimum absolute atomic E-state index is 0.117. The maximum atomic E-state index is 12.6. The number of hydrogen-bond acceptors (Lipinski definition) is 3. The van der Waals surface area contributed by atoms with E-state index in [4.69, 9.17) is 0 Å². The van der Waals surface area contributed by atoms with Gasteiger partial charge in [-0.1, -0.05) is 6.07 Å². The molecule has 4 nitrogen and oxygen atoms in total. The van der Waals surface area contributed by atoms with Crippen LogP contribution in [0.2, 0.25) is 0 Å². The van der Waals surface area contributed by atoms with Crippen LogP contribution in [0.1, 0.15) is 16.8 Å².